The van der Waals surface area contributed by atoms with Crippen LogP contribution in [-0.4, -0.2) is 30.0 Å². The number of nitrogens with two attached hydrogens (primary N) is 1. The summed E-state index contributed by atoms with van der Waals surface area (Å²) in [6.07, 6.45) is 0.856. The normalized spacial score (nSPS) is 10.8. The fraction of sp³-hybridized carbons (Fsp3) is 0.455. The predicted octanol–water partition coefficient (Wildman–Crippen LogP) is 2.03. The largest absolute Gasteiger partial charge is 0.330 e. The molecule has 0 aliphatic heterocycles. The number of nitro benzene ring substituents is 1. The summed E-state index contributed by atoms with van der Waals surface area (Å²) in [5.74, 6) is 0. The van der Waals surface area contributed by atoms with Crippen molar-refractivity contribution in [3.05, 3.63) is 38.9 Å². The van der Waals surface area contributed by atoms with E-state index in [1.165, 1.54) is 6.07 Å². The SMILES string of the molecule is CN(CCCN)Cc1c(Cl)cccc1[N+](=O)[O-]. The molecule has 17 heavy (non-hydrogen) atoms. The third-order valence-corrected chi connectivity index (χ3v) is 2.82. The van der Waals surface area contributed by atoms with Gasteiger partial charge >= 0.3 is 0 Å². The molecule has 0 aliphatic carbocycles. The highest BCUT2D eigenvalue weighted by atomic mass is 35.5. The molecule has 0 amide bonds. The van der Waals surface area contributed by atoms with Crippen LogP contribution in [0, 0.1) is 10.1 Å². The molecule has 5 nitrogen and oxygen atoms in total. The molecule has 0 spiro atoms. The van der Waals surface area contributed by atoms with Crippen LogP contribution in [0.3, 0.4) is 0 Å². The first kappa shape index (κ1) is 13.9. The Morgan fingerprint density at radius 1 is 1.53 bits per heavy atom. The van der Waals surface area contributed by atoms with Crippen LogP contribution in [0.1, 0.15) is 12.0 Å². The van der Waals surface area contributed by atoms with Crippen LogP contribution in [0.25, 0.3) is 0 Å². The first-order chi connectivity index (χ1) is 8.06. The maximum Gasteiger partial charge on any atom is 0.275 e. The predicted molar refractivity (Wildman–Crippen MR) is 68.1 cm³/mol. The van der Waals surface area contributed by atoms with Crippen LogP contribution in [0.5, 0.6) is 0 Å². The van der Waals surface area contributed by atoms with Crippen molar-refractivity contribution in [1.29, 1.82) is 0 Å². The molecule has 6 heteroatoms. The Labute approximate surface area is 105 Å². The summed E-state index contributed by atoms with van der Waals surface area (Å²) in [5.41, 5.74) is 6.04. The monoisotopic (exact) mass is 257 g/mol. The lowest BCUT2D eigenvalue weighted by molar-refractivity contribution is -0.385. The van der Waals surface area contributed by atoms with Crippen LogP contribution in [0.4, 0.5) is 5.69 Å². The van der Waals surface area contributed by atoms with Gasteiger partial charge in [-0.3, -0.25) is 10.1 Å². The van der Waals surface area contributed by atoms with Crippen molar-refractivity contribution in [2.45, 2.75) is 13.0 Å². The van der Waals surface area contributed by atoms with E-state index in [-0.39, 0.29) is 5.69 Å². The fourth-order valence-corrected chi connectivity index (χ4v) is 1.81. The summed E-state index contributed by atoms with van der Waals surface area (Å²) in [4.78, 5) is 12.4. The minimum Gasteiger partial charge on any atom is -0.330 e. The molecule has 0 aliphatic rings. The zero-order chi connectivity index (χ0) is 12.8. The van der Waals surface area contributed by atoms with E-state index in [0.717, 1.165) is 13.0 Å². The standard InChI is InChI=1S/C11H16ClN3O2/c1-14(7-3-6-13)8-9-10(12)4-2-5-11(9)15(16)17/h2,4-5H,3,6-8,13H2,1H3. The molecule has 94 valence electrons. The average molecular weight is 258 g/mol. The number of hydrogen-bond donors (Lipinski definition) is 1. The van der Waals surface area contributed by atoms with Crippen LogP contribution in [-0.2, 0) is 6.54 Å². The third kappa shape index (κ3) is 3.96. The van der Waals surface area contributed by atoms with Crippen LogP contribution in [0.2, 0.25) is 5.02 Å². The summed E-state index contributed by atoms with van der Waals surface area (Å²) >= 11 is 6.00. The molecule has 0 saturated carbocycles. The van der Waals surface area contributed by atoms with E-state index < -0.39 is 4.92 Å². The number of rotatable bonds is 6. The Kier molecular flexibility index (Phi) is 5.34. The summed E-state index contributed by atoms with van der Waals surface area (Å²) in [6.45, 7) is 1.85. The summed E-state index contributed by atoms with van der Waals surface area (Å²) < 4.78 is 0. The molecule has 0 saturated heterocycles. The second kappa shape index (κ2) is 6.54. The summed E-state index contributed by atoms with van der Waals surface area (Å²) in [5, 5.41) is 11.3. The Bertz CT molecular complexity index is 398. The van der Waals surface area contributed by atoms with Crippen LogP contribution < -0.4 is 5.73 Å². The van der Waals surface area contributed by atoms with Crippen molar-refractivity contribution >= 4 is 17.3 Å². The van der Waals surface area contributed by atoms with E-state index in [2.05, 4.69) is 0 Å². The van der Waals surface area contributed by atoms with Crippen molar-refractivity contribution in [1.82, 2.24) is 4.90 Å². The van der Waals surface area contributed by atoms with Gasteiger partial charge in [0.1, 0.15) is 0 Å². The minimum atomic E-state index is -0.405. The van der Waals surface area contributed by atoms with E-state index in [1.54, 1.807) is 12.1 Å². The number of hydrogen-bond acceptors (Lipinski definition) is 4. The Morgan fingerprint density at radius 2 is 2.24 bits per heavy atom. The van der Waals surface area contributed by atoms with Gasteiger partial charge in [-0.2, -0.15) is 0 Å². The van der Waals surface area contributed by atoms with Crippen molar-refractivity contribution in [3.8, 4) is 0 Å². The maximum atomic E-state index is 10.9. The Balaban J connectivity index is 2.85. The molecular formula is C11H16ClN3O2. The van der Waals surface area contributed by atoms with Crippen molar-refractivity contribution in [2.75, 3.05) is 20.1 Å². The molecule has 2 N–H and O–H groups in total. The molecule has 1 aromatic rings. The van der Waals surface area contributed by atoms with Gasteiger partial charge in [-0.25, -0.2) is 0 Å². The van der Waals surface area contributed by atoms with Gasteiger partial charge in [0, 0.05) is 12.6 Å². The Hall–Kier alpha value is -1.17. The number of halogens is 1. The van der Waals surface area contributed by atoms with E-state index in [4.69, 9.17) is 17.3 Å². The van der Waals surface area contributed by atoms with E-state index in [0.29, 0.717) is 23.7 Å². The molecule has 0 atom stereocenters. The van der Waals surface area contributed by atoms with Crippen LogP contribution >= 0.6 is 11.6 Å². The van der Waals surface area contributed by atoms with Gasteiger partial charge in [0.25, 0.3) is 5.69 Å². The molecule has 1 aromatic carbocycles. The molecule has 0 fully saturated rings. The van der Waals surface area contributed by atoms with Crippen molar-refractivity contribution < 1.29 is 4.92 Å². The molecule has 0 radical (unpaired) electrons. The highest BCUT2D eigenvalue weighted by Crippen LogP contribution is 2.27. The maximum absolute atomic E-state index is 10.9. The van der Waals surface area contributed by atoms with Crippen LogP contribution in [0.15, 0.2) is 18.2 Å². The van der Waals surface area contributed by atoms with Gasteiger partial charge in [0.15, 0.2) is 0 Å². The molecule has 1 rings (SSSR count). The number of nitro groups is 1. The minimum absolute atomic E-state index is 0.0668. The zero-order valence-electron chi connectivity index (χ0n) is 9.73. The molecule has 0 bridgehead atoms. The summed E-state index contributed by atoms with van der Waals surface area (Å²) in [7, 11) is 1.89. The highest BCUT2D eigenvalue weighted by Gasteiger charge is 2.17. The molecule has 0 heterocycles. The van der Waals surface area contributed by atoms with Gasteiger partial charge in [0.2, 0.25) is 0 Å². The smallest absolute Gasteiger partial charge is 0.275 e. The first-order valence-electron chi connectivity index (χ1n) is 5.36. The first-order valence-corrected chi connectivity index (χ1v) is 5.74. The lowest BCUT2D eigenvalue weighted by atomic mass is 10.1. The molecule has 0 aromatic heterocycles. The van der Waals surface area contributed by atoms with Gasteiger partial charge in [-0.05, 0) is 32.6 Å². The van der Waals surface area contributed by atoms with Crippen molar-refractivity contribution in [2.24, 2.45) is 5.73 Å². The quantitative estimate of drug-likeness (QED) is 0.625. The number of nitrogens with zero attached hydrogens (tertiary/aromatic N) is 2. The third-order valence-electron chi connectivity index (χ3n) is 2.46. The average Bonchev–Trinajstić information content (AvgIpc) is 2.28. The molecule has 0 unspecified atom stereocenters. The second-order valence-corrected chi connectivity index (χ2v) is 4.28. The lowest BCUT2D eigenvalue weighted by Gasteiger charge is -2.16. The van der Waals surface area contributed by atoms with Gasteiger partial charge in [-0.15, -0.1) is 0 Å². The zero-order valence-corrected chi connectivity index (χ0v) is 10.5. The van der Waals surface area contributed by atoms with E-state index in [1.807, 2.05) is 11.9 Å². The highest BCUT2D eigenvalue weighted by molar-refractivity contribution is 6.31. The lowest BCUT2D eigenvalue weighted by Crippen LogP contribution is -2.22. The topological polar surface area (TPSA) is 72.4 Å². The second-order valence-electron chi connectivity index (χ2n) is 3.87. The van der Waals surface area contributed by atoms with Gasteiger partial charge in [-0.1, -0.05) is 17.7 Å². The van der Waals surface area contributed by atoms with Crippen molar-refractivity contribution in [3.63, 3.8) is 0 Å². The van der Waals surface area contributed by atoms with E-state index >= 15 is 0 Å². The van der Waals surface area contributed by atoms with E-state index in [9.17, 15) is 10.1 Å². The number of benzene rings is 1. The fourth-order valence-electron chi connectivity index (χ4n) is 1.59. The Morgan fingerprint density at radius 3 is 2.82 bits per heavy atom. The van der Waals surface area contributed by atoms with Gasteiger partial charge < -0.3 is 10.6 Å². The van der Waals surface area contributed by atoms with Gasteiger partial charge in [0.05, 0.1) is 15.5 Å². The summed E-state index contributed by atoms with van der Waals surface area (Å²) in [6, 6.07) is 4.72. The molecular weight excluding hydrogens is 242 g/mol.